The Morgan fingerprint density at radius 3 is 2.40 bits per heavy atom. The van der Waals surface area contributed by atoms with Crippen LogP contribution in [0.4, 0.5) is 4.79 Å². The third-order valence-corrected chi connectivity index (χ3v) is 2.37. The molecule has 112 valence electrons. The van der Waals surface area contributed by atoms with Crippen molar-refractivity contribution in [1.82, 2.24) is 4.90 Å². The zero-order valence-corrected chi connectivity index (χ0v) is 12.6. The number of amides is 1. The number of carbonyl (C=O) groups excluding carboxylic acids is 1. The molecule has 5 heteroatoms. The minimum Gasteiger partial charge on any atom is -0.444 e. The van der Waals surface area contributed by atoms with Gasteiger partial charge in [-0.05, 0) is 26.3 Å². The molecule has 0 unspecified atom stereocenters. The lowest BCUT2D eigenvalue weighted by molar-refractivity contribution is -0.304. The Balaban J connectivity index is 2.13. The highest BCUT2D eigenvalue weighted by Crippen LogP contribution is 2.08. The number of rotatable bonds is 6. The fourth-order valence-corrected chi connectivity index (χ4v) is 1.35. The molecule has 0 aromatic heterocycles. The molecule has 0 radical (unpaired) electrons. The number of likely N-dealkylation sites (N-methyl/N-ethyl adjacent to an activating group) is 1. The van der Waals surface area contributed by atoms with Crippen LogP contribution in [0.3, 0.4) is 0 Å². The Labute approximate surface area is 120 Å². The Hall–Kier alpha value is -1.59. The number of hydrogen-bond donors (Lipinski definition) is 0. The number of benzene rings is 1. The van der Waals surface area contributed by atoms with Crippen LogP contribution in [0.15, 0.2) is 30.3 Å². The Kier molecular flexibility index (Phi) is 6.48. The van der Waals surface area contributed by atoms with Crippen molar-refractivity contribution in [3.05, 3.63) is 35.9 Å². The molecule has 0 saturated carbocycles. The van der Waals surface area contributed by atoms with Crippen molar-refractivity contribution in [3.8, 4) is 0 Å². The van der Waals surface area contributed by atoms with Gasteiger partial charge in [-0.2, -0.15) is 0 Å². The van der Waals surface area contributed by atoms with Crippen LogP contribution < -0.4 is 0 Å². The predicted molar refractivity (Wildman–Crippen MR) is 76.0 cm³/mol. The van der Waals surface area contributed by atoms with Crippen molar-refractivity contribution in [3.63, 3.8) is 0 Å². The lowest BCUT2D eigenvalue weighted by Gasteiger charge is -2.24. The van der Waals surface area contributed by atoms with Gasteiger partial charge in [0.2, 0.25) is 0 Å². The van der Waals surface area contributed by atoms with E-state index in [1.54, 1.807) is 7.05 Å². The molecule has 5 nitrogen and oxygen atoms in total. The molecule has 0 atom stereocenters. The maximum Gasteiger partial charge on any atom is 0.410 e. The van der Waals surface area contributed by atoms with Gasteiger partial charge in [-0.1, -0.05) is 30.3 Å². The van der Waals surface area contributed by atoms with Crippen molar-refractivity contribution in [2.24, 2.45) is 0 Å². The summed E-state index contributed by atoms with van der Waals surface area (Å²) in [7, 11) is 1.66. The predicted octanol–water partition coefficient (Wildman–Crippen LogP) is 3.00. The summed E-state index contributed by atoms with van der Waals surface area (Å²) >= 11 is 0. The number of hydrogen-bond acceptors (Lipinski definition) is 4. The summed E-state index contributed by atoms with van der Waals surface area (Å²) in [5, 5.41) is 0. The third-order valence-electron chi connectivity index (χ3n) is 2.37. The molecule has 20 heavy (non-hydrogen) atoms. The van der Waals surface area contributed by atoms with E-state index in [-0.39, 0.29) is 6.09 Å². The first-order valence-electron chi connectivity index (χ1n) is 6.61. The maximum absolute atomic E-state index is 11.7. The van der Waals surface area contributed by atoms with Crippen molar-refractivity contribution in [2.45, 2.75) is 33.0 Å². The van der Waals surface area contributed by atoms with E-state index in [0.717, 1.165) is 5.56 Å². The van der Waals surface area contributed by atoms with Crippen molar-refractivity contribution in [2.75, 3.05) is 20.2 Å². The Bertz CT molecular complexity index is 400. The van der Waals surface area contributed by atoms with Gasteiger partial charge in [0.15, 0.2) is 0 Å². The van der Waals surface area contributed by atoms with E-state index in [1.807, 2.05) is 51.1 Å². The normalized spacial score (nSPS) is 11.2. The van der Waals surface area contributed by atoms with Crippen LogP contribution in [-0.2, 0) is 21.1 Å². The SMILES string of the molecule is CN(CCOOCc1ccccc1)C(=O)OC(C)(C)C. The van der Waals surface area contributed by atoms with Crippen molar-refractivity contribution in [1.29, 1.82) is 0 Å². The lowest BCUT2D eigenvalue weighted by atomic mass is 10.2. The molecule has 0 N–H and O–H groups in total. The molecule has 0 spiro atoms. The maximum atomic E-state index is 11.7. The third kappa shape index (κ3) is 7.11. The van der Waals surface area contributed by atoms with Gasteiger partial charge in [0.25, 0.3) is 0 Å². The molecule has 0 aliphatic heterocycles. The summed E-state index contributed by atoms with van der Waals surface area (Å²) in [5.41, 5.74) is 0.545. The molecule has 1 aromatic rings. The first kappa shape index (κ1) is 16.5. The molecular formula is C15H23NO4. The molecule has 1 aromatic carbocycles. The van der Waals surface area contributed by atoms with Crippen LogP contribution in [0, 0.1) is 0 Å². The Morgan fingerprint density at radius 1 is 1.15 bits per heavy atom. The molecule has 0 aliphatic rings. The largest absolute Gasteiger partial charge is 0.444 e. The molecule has 0 saturated heterocycles. The van der Waals surface area contributed by atoms with Crippen LogP contribution >= 0.6 is 0 Å². The van der Waals surface area contributed by atoms with Crippen LogP contribution in [0.25, 0.3) is 0 Å². The van der Waals surface area contributed by atoms with E-state index in [4.69, 9.17) is 14.5 Å². The summed E-state index contributed by atoms with van der Waals surface area (Å²) in [5.74, 6) is 0. The second-order valence-corrected chi connectivity index (χ2v) is 5.47. The fourth-order valence-electron chi connectivity index (χ4n) is 1.35. The van der Waals surface area contributed by atoms with Gasteiger partial charge >= 0.3 is 6.09 Å². The Morgan fingerprint density at radius 2 is 1.80 bits per heavy atom. The molecule has 1 rings (SSSR count). The highest BCUT2D eigenvalue weighted by molar-refractivity contribution is 5.67. The van der Waals surface area contributed by atoms with Gasteiger partial charge in [0, 0.05) is 7.05 Å². The lowest BCUT2D eigenvalue weighted by Crippen LogP contribution is -2.36. The van der Waals surface area contributed by atoms with E-state index in [9.17, 15) is 4.79 Å². The van der Waals surface area contributed by atoms with E-state index < -0.39 is 5.60 Å². The highest BCUT2D eigenvalue weighted by atomic mass is 17.2. The summed E-state index contributed by atoms with van der Waals surface area (Å²) in [6.07, 6.45) is -0.371. The summed E-state index contributed by atoms with van der Waals surface area (Å²) in [6.45, 7) is 6.58. The fraction of sp³-hybridized carbons (Fsp3) is 0.533. The van der Waals surface area contributed by atoms with Crippen molar-refractivity contribution < 1.29 is 19.3 Å². The van der Waals surface area contributed by atoms with Crippen LogP contribution in [-0.4, -0.2) is 36.8 Å². The molecule has 0 heterocycles. The number of carbonyl (C=O) groups is 1. The molecule has 1 amide bonds. The minimum atomic E-state index is -0.490. The molecular weight excluding hydrogens is 258 g/mol. The van der Waals surface area contributed by atoms with E-state index in [2.05, 4.69) is 0 Å². The number of nitrogens with zero attached hydrogens (tertiary/aromatic N) is 1. The average Bonchev–Trinajstić information content (AvgIpc) is 2.37. The first-order chi connectivity index (χ1) is 9.38. The molecule has 0 aliphatic carbocycles. The van der Waals surface area contributed by atoms with Gasteiger partial charge in [-0.15, -0.1) is 0 Å². The number of ether oxygens (including phenoxy) is 1. The van der Waals surface area contributed by atoms with Crippen LogP contribution in [0.5, 0.6) is 0 Å². The topological polar surface area (TPSA) is 48.0 Å². The second kappa shape index (κ2) is 7.87. The van der Waals surface area contributed by atoms with Gasteiger partial charge < -0.3 is 9.64 Å². The summed E-state index contributed by atoms with van der Waals surface area (Å²) in [6, 6.07) is 9.73. The standard InChI is InChI=1S/C15H23NO4/c1-15(2,3)20-14(17)16(4)10-11-18-19-12-13-8-6-5-7-9-13/h5-9H,10-12H2,1-4H3. The summed E-state index contributed by atoms with van der Waals surface area (Å²) < 4.78 is 5.22. The zero-order valence-electron chi connectivity index (χ0n) is 12.6. The van der Waals surface area contributed by atoms with Gasteiger partial charge in [0.1, 0.15) is 12.2 Å². The van der Waals surface area contributed by atoms with E-state index >= 15 is 0 Å². The van der Waals surface area contributed by atoms with Crippen LogP contribution in [0.1, 0.15) is 26.3 Å². The van der Waals surface area contributed by atoms with Gasteiger partial charge in [-0.3, -0.25) is 0 Å². The quantitative estimate of drug-likeness (QED) is 0.457. The molecule has 0 fully saturated rings. The minimum absolute atomic E-state index is 0.294. The average molecular weight is 281 g/mol. The van der Waals surface area contributed by atoms with E-state index in [0.29, 0.717) is 19.8 Å². The second-order valence-electron chi connectivity index (χ2n) is 5.47. The zero-order chi connectivity index (χ0) is 15.0. The van der Waals surface area contributed by atoms with Crippen molar-refractivity contribution >= 4 is 6.09 Å². The van der Waals surface area contributed by atoms with Gasteiger partial charge in [-0.25, -0.2) is 14.6 Å². The van der Waals surface area contributed by atoms with Gasteiger partial charge in [0.05, 0.1) is 13.2 Å². The van der Waals surface area contributed by atoms with Crippen LogP contribution in [0.2, 0.25) is 0 Å². The monoisotopic (exact) mass is 281 g/mol. The molecule has 0 bridgehead atoms. The summed E-state index contributed by atoms with van der Waals surface area (Å²) in [4.78, 5) is 23.2. The smallest absolute Gasteiger partial charge is 0.410 e. The highest BCUT2D eigenvalue weighted by Gasteiger charge is 2.19. The van der Waals surface area contributed by atoms with E-state index in [1.165, 1.54) is 4.90 Å². The first-order valence-corrected chi connectivity index (χ1v) is 6.61.